The summed E-state index contributed by atoms with van der Waals surface area (Å²) in [7, 11) is 4.52. The van der Waals surface area contributed by atoms with Crippen molar-refractivity contribution in [1.82, 2.24) is 4.90 Å². The number of carbonyl (C=O) groups excluding carboxylic acids is 5. The number of benzene rings is 2. The molecular formula is C69H95N7O13S2. The summed E-state index contributed by atoms with van der Waals surface area (Å²) in [5.74, 6) is -7.96. The maximum atomic E-state index is 14.4. The van der Waals surface area contributed by atoms with E-state index in [1.54, 1.807) is 77.5 Å². The van der Waals surface area contributed by atoms with E-state index < -0.39 is 83.9 Å². The van der Waals surface area contributed by atoms with Gasteiger partial charge in [-0.3, -0.25) is 19.2 Å². The molecule has 20 nitrogen and oxygen atoms in total. The molecule has 3 fully saturated rings. The molecule has 1 saturated carbocycles. The number of esters is 1. The number of methoxy groups -OCH3 is 3. The lowest BCUT2D eigenvalue weighted by molar-refractivity contribution is -0.265. The monoisotopic (exact) mass is 1290 g/mol. The van der Waals surface area contributed by atoms with Gasteiger partial charge in [0.1, 0.15) is 53.4 Å². The average molecular weight is 1290 g/mol. The van der Waals surface area contributed by atoms with Crippen LogP contribution in [0.5, 0.6) is 0 Å². The number of aliphatic hydroxyl groups is 3. The number of anilines is 2. The SMILES string of the molecule is CO[C@H]1C[C@@H]2CC[C@@H](C)[C@@](O)(O2)C(=O)C(=O)N2CCCC[C@H]2C(=O)O[C@H]([C@H](C)C[C@@H]2CC[C@@H](O)[C@H](OC)C2)CC(=O)[C@H](C)/C=C(\C)[C@@H](O)[C@@H](OC)C(=O)[C@H](C)C[C@H](C)/C=C/C=C/C=C/1C.N#CC(=C(/N)Sc1ccccc1N)/C(C#N)=C(\N)Sc1ccccc1N. The summed E-state index contributed by atoms with van der Waals surface area (Å²) in [6.45, 7) is 12.7. The van der Waals surface area contributed by atoms with Crippen LogP contribution >= 0.6 is 23.5 Å². The van der Waals surface area contributed by atoms with Crippen molar-refractivity contribution in [2.45, 2.75) is 190 Å². The summed E-state index contributed by atoms with van der Waals surface area (Å²) in [5, 5.41) is 53.1. The van der Waals surface area contributed by atoms with E-state index in [1.165, 1.54) is 12.0 Å². The lowest BCUT2D eigenvalue weighted by Gasteiger charge is -2.42. The number of piperidine rings is 1. The number of cyclic esters (lactones) is 1. The maximum Gasteiger partial charge on any atom is 0.329 e. The minimum atomic E-state index is -2.43. The first-order valence-electron chi connectivity index (χ1n) is 31.2. The molecule has 11 N–H and O–H groups in total. The minimum Gasteiger partial charge on any atom is -0.460 e. The molecule has 4 aliphatic rings. The van der Waals surface area contributed by atoms with Crippen LogP contribution in [-0.4, -0.2) is 132 Å². The van der Waals surface area contributed by atoms with Gasteiger partial charge < -0.3 is 66.8 Å². The fourth-order valence-corrected chi connectivity index (χ4v) is 13.7. The molecule has 91 heavy (non-hydrogen) atoms. The number of thioether (sulfide) groups is 2. The molecule has 3 heterocycles. The molecule has 496 valence electrons. The van der Waals surface area contributed by atoms with E-state index in [4.69, 9.17) is 46.6 Å². The van der Waals surface area contributed by atoms with E-state index in [1.807, 2.05) is 82.3 Å². The molecule has 0 spiro atoms. The standard InChI is InChI=1S/C51H79NO13.C18H16N6S2/c1-30-16-12-11-13-17-31(2)42(61-8)28-38-21-19-36(7)51(60,65-38)48(57)49(58)52-23-15-14-18-39(52)50(59)64-43(33(4)26-37-20-22-40(53)44(27-37)62-9)29-41(54)32(3)25-35(6)46(56)47(63-10)45(55)34(5)24-30;19-9-11(17(23)25-15-7-3-1-5-13(15)21)12(10-20)18(24)26-16-8-4-2-6-14(16)22/h11-13,16-17,25,30,32-34,36-40,42-44,46-47,53,56,60H,14-15,18-24,26-29H2,1-10H3;1-8H,21-24H2/b13-11+,16-12+,31-17+,35-25+;17-11+,18-12+/t30-,32-,33-,34-,36-,37+,38+,39+,40-,42+,43+,44-,46-,47+,51-;/m1./s1. The van der Waals surface area contributed by atoms with Gasteiger partial charge in [-0.1, -0.05) is 119 Å². The highest BCUT2D eigenvalue weighted by atomic mass is 32.2. The lowest BCUT2D eigenvalue weighted by atomic mass is 9.78. The van der Waals surface area contributed by atoms with Crippen LogP contribution in [0.4, 0.5) is 11.4 Å². The normalized spacial score (nSPS) is 32.4. The number of ether oxygens (including phenoxy) is 5. The van der Waals surface area contributed by atoms with E-state index in [2.05, 4.69) is 0 Å². The van der Waals surface area contributed by atoms with Gasteiger partial charge in [0.2, 0.25) is 5.79 Å². The number of nitrogens with two attached hydrogens (primary N) is 4. The second kappa shape index (κ2) is 36.0. The van der Waals surface area contributed by atoms with Gasteiger partial charge in [-0.05, 0) is 131 Å². The number of fused-ring (bicyclic) bond motifs is 3. The summed E-state index contributed by atoms with van der Waals surface area (Å²) in [4.78, 5) is 73.1. The largest absolute Gasteiger partial charge is 0.460 e. The van der Waals surface area contributed by atoms with Crippen LogP contribution in [0.15, 0.2) is 127 Å². The van der Waals surface area contributed by atoms with Gasteiger partial charge in [-0.25, -0.2) is 4.79 Å². The Morgan fingerprint density at radius 1 is 0.780 bits per heavy atom. The molecule has 22 heteroatoms. The summed E-state index contributed by atoms with van der Waals surface area (Å²) in [6.07, 6.45) is 11.2. The van der Waals surface area contributed by atoms with Gasteiger partial charge in [0.15, 0.2) is 5.78 Å². The van der Waals surface area contributed by atoms with Crippen LogP contribution in [0.3, 0.4) is 0 Å². The van der Waals surface area contributed by atoms with Crippen molar-refractivity contribution in [1.29, 1.82) is 10.5 Å². The van der Waals surface area contributed by atoms with Crippen LogP contribution in [0, 0.1) is 58.2 Å². The van der Waals surface area contributed by atoms with Gasteiger partial charge in [0, 0.05) is 79.6 Å². The van der Waals surface area contributed by atoms with E-state index >= 15 is 0 Å². The van der Waals surface area contributed by atoms with E-state index in [0.29, 0.717) is 84.5 Å². The van der Waals surface area contributed by atoms with Crippen molar-refractivity contribution in [2.75, 3.05) is 39.3 Å². The topological polar surface area (TPSA) is 347 Å². The van der Waals surface area contributed by atoms with Crippen molar-refractivity contribution < 1.29 is 63.0 Å². The molecule has 2 bridgehead atoms. The zero-order valence-corrected chi connectivity index (χ0v) is 55.9. The van der Waals surface area contributed by atoms with Gasteiger partial charge >= 0.3 is 5.97 Å². The summed E-state index contributed by atoms with van der Waals surface area (Å²) in [5.41, 5.74) is 26.2. The van der Waals surface area contributed by atoms with Crippen molar-refractivity contribution in [3.05, 3.63) is 117 Å². The van der Waals surface area contributed by atoms with Crippen LogP contribution in [0.1, 0.15) is 126 Å². The Bertz CT molecular complexity index is 3050. The fraction of sp³-hybridized carbons (Fsp3) is 0.551. The third-order valence-electron chi connectivity index (χ3n) is 17.7. The Morgan fingerprint density at radius 3 is 1.97 bits per heavy atom. The zero-order chi connectivity index (χ0) is 67.3. The van der Waals surface area contributed by atoms with Crippen molar-refractivity contribution in [3.63, 3.8) is 0 Å². The number of para-hydroxylation sites is 2. The van der Waals surface area contributed by atoms with Crippen molar-refractivity contribution in [2.24, 2.45) is 47.0 Å². The third kappa shape index (κ3) is 20.7. The van der Waals surface area contributed by atoms with Crippen LogP contribution < -0.4 is 22.9 Å². The number of aliphatic hydroxyl groups excluding tert-OH is 2. The molecule has 2 aromatic carbocycles. The second-order valence-electron chi connectivity index (χ2n) is 24.6. The summed E-state index contributed by atoms with van der Waals surface area (Å²) < 4.78 is 29.4. The molecular weight excluding hydrogens is 1200 g/mol. The van der Waals surface area contributed by atoms with Crippen LogP contribution in [0.2, 0.25) is 0 Å². The number of allylic oxidation sites excluding steroid dienone is 8. The molecule has 1 aliphatic carbocycles. The number of rotatable bonds is 11. The Hall–Kier alpha value is -6.57. The lowest BCUT2D eigenvalue weighted by Crippen LogP contribution is -2.61. The first-order chi connectivity index (χ1) is 43.2. The van der Waals surface area contributed by atoms with Gasteiger partial charge in [0.25, 0.3) is 11.7 Å². The van der Waals surface area contributed by atoms with E-state index in [0.717, 1.165) is 35.5 Å². The summed E-state index contributed by atoms with van der Waals surface area (Å²) >= 11 is 2.22. The Labute approximate surface area is 545 Å². The first kappa shape index (κ1) is 75.2. The van der Waals surface area contributed by atoms with E-state index in [-0.39, 0.29) is 76.0 Å². The molecule has 0 radical (unpaired) electrons. The highest BCUT2D eigenvalue weighted by Gasteiger charge is 2.53. The van der Waals surface area contributed by atoms with Crippen molar-refractivity contribution >= 4 is 64.1 Å². The zero-order valence-electron chi connectivity index (χ0n) is 54.2. The number of carbonyl (C=O) groups is 5. The average Bonchev–Trinajstić information content (AvgIpc) is 1.49. The number of nitrogens with zero attached hydrogens (tertiary/aromatic N) is 3. The molecule has 15 atom stereocenters. The van der Waals surface area contributed by atoms with Crippen LogP contribution in [0.25, 0.3) is 0 Å². The highest BCUT2D eigenvalue weighted by molar-refractivity contribution is 8.03. The molecule has 2 aromatic rings. The number of ketones is 3. The smallest absolute Gasteiger partial charge is 0.329 e. The Balaban J connectivity index is 0.000000480. The van der Waals surface area contributed by atoms with Crippen LogP contribution in [-0.2, 0) is 47.7 Å². The third-order valence-corrected chi connectivity index (χ3v) is 19.8. The first-order valence-corrected chi connectivity index (χ1v) is 32.9. The number of Topliss-reactive ketones (excluding diaryl/α,β-unsaturated/α-hetero) is 3. The fourth-order valence-electron chi connectivity index (χ4n) is 12.1. The number of nitrogen functional groups attached to an aromatic ring is 2. The summed E-state index contributed by atoms with van der Waals surface area (Å²) in [6, 6.07) is 17.0. The predicted molar refractivity (Wildman–Crippen MR) is 352 cm³/mol. The number of hydrogen-bond donors (Lipinski definition) is 7. The highest BCUT2D eigenvalue weighted by Crippen LogP contribution is 2.39. The van der Waals surface area contributed by atoms with E-state index in [9.17, 15) is 49.8 Å². The molecule has 0 aromatic heterocycles. The Morgan fingerprint density at radius 2 is 1.40 bits per heavy atom. The van der Waals surface area contributed by atoms with Gasteiger partial charge in [0.05, 0.1) is 34.5 Å². The quantitative estimate of drug-likeness (QED) is 0.0209. The predicted octanol–water partition coefficient (Wildman–Crippen LogP) is 9.30. The van der Waals surface area contributed by atoms with Crippen molar-refractivity contribution in [3.8, 4) is 12.1 Å². The van der Waals surface area contributed by atoms with Gasteiger partial charge in [-0.2, -0.15) is 10.5 Å². The number of amides is 1. The number of hydrogen-bond acceptors (Lipinski definition) is 21. The molecule has 3 aliphatic heterocycles. The molecule has 2 saturated heterocycles. The molecule has 0 unspecified atom stereocenters. The molecule has 6 rings (SSSR count). The number of nitriles is 2. The second-order valence-corrected chi connectivity index (χ2v) is 26.7. The Kier molecular flexibility index (Phi) is 29.8. The minimum absolute atomic E-state index is 0.000237. The molecule has 1 amide bonds. The van der Waals surface area contributed by atoms with Gasteiger partial charge in [-0.15, -0.1) is 0 Å². The maximum absolute atomic E-state index is 14.4.